The summed E-state index contributed by atoms with van der Waals surface area (Å²) in [5.41, 5.74) is 7.31. The number of nitrogen functional groups attached to an aromatic ring is 1. The van der Waals surface area contributed by atoms with Gasteiger partial charge in [0.2, 0.25) is 0 Å². The van der Waals surface area contributed by atoms with Crippen LogP contribution >= 0.6 is 24.2 Å². The maximum atomic E-state index is 5.94. The van der Waals surface area contributed by atoms with Gasteiger partial charge < -0.3 is 5.73 Å². The molecule has 1 nitrogen and oxygen atoms in total. The van der Waals surface area contributed by atoms with E-state index >= 15 is 0 Å². The monoisotopic (exact) mass is 187 g/mol. The smallest absolute Gasteiger partial charge is 0.0592 e. The molecule has 0 fully saturated rings. The number of hydrogen-bond acceptors (Lipinski definition) is 2. The van der Waals surface area contributed by atoms with Crippen molar-refractivity contribution in [3.63, 3.8) is 0 Å². The van der Waals surface area contributed by atoms with Crippen LogP contribution in [-0.2, 0) is 6.42 Å². The van der Waals surface area contributed by atoms with Crippen LogP contribution in [0, 0.1) is 0 Å². The van der Waals surface area contributed by atoms with Gasteiger partial charge in [-0.15, -0.1) is 12.6 Å². The van der Waals surface area contributed by atoms with Gasteiger partial charge in [-0.2, -0.15) is 0 Å². The molecule has 3 heteroatoms. The first kappa shape index (κ1) is 8.75. The van der Waals surface area contributed by atoms with Gasteiger partial charge in [-0.05, 0) is 18.1 Å². The summed E-state index contributed by atoms with van der Waals surface area (Å²) >= 11 is 10.1. The van der Waals surface area contributed by atoms with Crippen LogP contribution in [0.2, 0.25) is 5.02 Å². The zero-order valence-corrected chi connectivity index (χ0v) is 7.91. The summed E-state index contributed by atoms with van der Waals surface area (Å²) in [5.74, 6) is 0. The van der Waals surface area contributed by atoms with Gasteiger partial charge in [-0.3, -0.25) is 0 Å². The molecule has 0 saturated heterocycles. The molecular formula is C8H10ClNS. The highest BCUT2D eigenvalue weighted by Crippen LogP contribution is 2.29. The van der Waals surface area contributed by atoms with E-state index < -0.39 is 0 Å². The number of nitrogens with two attached hydrogens (primary N) is 1. The second-order valence-electron chi connectivity index (χ2n) is 2.33. The van der Waals surface area contributed by atoms with Gasteiger partial charge in [-0.25, -0.2) is 0 Å². The number of aryl methyl sites for hydroxylation is 1. The quantitative estimate of drug-likeness (QED) is 0.513. The Hall–Kier alpha value is -0.340. The zero-order valence-electron chi connectivity index (χ0n) is 6.26. The molecule has 0 saturated carbocycles. The fraction of sp³-hybridized carbons (Fsp3) is 0.250. The van der Waals surface area contributed by atoms with Crippen molar-refractivity contribution in [3.05, 3.63) is 22.7 Å². The van der Waals surface area contributed by atoms with Gasteiger partial charge in [0.15, 0.2) is 0 Å². The first-order chi connectivity index (χ1) is 5.16. The van der Waals surface area contributed by atoms with Gasteiger partial charge in [-0.1, -0.05) is 24.6 Å². The molecule has 0 unspecified atom stereocenters. The highest BCUT2D eigenvalue weighted by atomic mass is 35.5. The molecule has 0 heterocycles. The van der Waals surface area contributed by atoms with Gasteiger partial charge >= 0.3 is 0 Å². The SMILES string of the molecule is CCc1ccc(N)c(S)c1Cl. The Kier molecular flexibility index (Phi) is 2.68. The molecule has 11 heavy (non-hydrogen) atoms. The average molecular weight is 188 g/mol. The molecular weight excluding hydrogens is 178 g/mol. The average Bonchev–Trinajstić information content (AvgIpc) is 2.01. The van der Waals surface area contributed by atoms with Crippen LogP contribution in [0.25, 0.3) is 0 Å². The number of benzene rings is 1. The van der Waals surface area contributed by atoms with Crippen LogP contribution in [0.1, 0.15) is 12.5 Å². The van der Waals surface area contributed by atoms with Gasteiger partial charge in [0, 0.05) is 10.6 Å². The third-order valence-corrected chi connectivity index (χ3v) is 2.65. The molecule has 2 N–H and O–H groups in total. The lowest BCUT2D eigenvalue weighted by Gasteiger charge is -2.05. The zero-order chi connectivity index (χ0) is 8.43. The van der Waals surface area contributed by atoms with Crippen LogP contribution < -0.4 is 5.73 Å². The predicted molar refractivity (Wildman–Crippen MR) is 52.5 cm³/mol. The summed E-state index contributed by atoms with van der Waals surface area (Å²) in [6.45, 7) is 2.05. The summed E-state index contributed by atoms with van der Waals surface area (Å²) in [6, 6.07) is 3.75. The lowest BCUT2D eigenvalue weighted by molar-refractivity contribution is 1.13. The largest absolute Gasteiger partial charge is 0.398 e. The van der Waals surface area contributed by atoms with E-state index in [1.807, 2.05) is 19.1 Å². The first-order valence-electron chi connectivity index (χ1n) is 3.42. The molecule has 1 rings (SSSR count). The van der Waals surface area contributed by atoms with Gasteiger partial charge in [0.25, 0.3) is 0 Å². The molecule has 60 valence electrons. The van der Waals surface area contributed by atoms with E-state index in [-0.39, 0.29) is 0 Å². The van der Waals surface area contributed by atoms with E-state index in [0.717, 1.165) is 12.0 Å². The highest BCUT2D eigenvalue weighted by molar-refractivity contribution is 7.80. The van der Waals surface area contributed by atoms with Crippen molar-refractivity contribution in [2.45, 2.75) is 18.2 Å². The summed E-state index contributed by atoms with van der Waals surface area (Å²) in [4.78, 5) is 0.686. The molecule has 0 aliphatic rings. The molecule has 0 aliphatic carbocycles. The van der Waals surface area contributed by atoms with Crippen molar-refractivity contribution >= 4 is 29.9 Å². The molecule has 0 aliphatic heterocycles. The number of halogens is 1. The van der Waals surface area contributed by atoms with Crippen LogP contribution in [-0.4, -0.2) is 0 Å². The van der Waals surface area contributed by atoms with Gasteiger partial charge in [0.1, 0.15) is 0 Å². The van der Waals surface area contributed by atoms with E-state index in [0.29, 0.717) is 15.6 Å². The molecule has 0 radical (unpaired) electrons. The maximum Gasteiger partial charge on any atom is 0.0592 e. The van der Waals surface area contributed by atoms with Crippen molar-refractivity contribution in [3.8, 4) is 0 Å². The second-order valence-corrected chi connectivity index (χ2v) is 3.16. The number of hydrogen-bond donors (Lipinski definition) is 2. The Balaban J connectivity index is 3.25. The second kappa shape index (κ2) is 3.37. The van der Waals surface area contributed by atoms with E-state index in [9.17, 15) is 0 Å². The number of rotatable bonds is 1. The van der Waals surface area contributed by atoms with Crippen molar-refractivity contribution in [1.82, 2.24) is 0 Å². The standard InChI is InChI=1S/C8H10ClNS/c1-2-5-3-4-6(10)8(11)7(5)9/h3-4,11H,2,10H2,1H3. The fourth-order valence-electron chi connectivity index (χ4n) is 0.894. The molecule has 0 amide bonds. The first-order valence-corrected chi connectivity index (χ1v) is 4.25. The third kappa shape index (κ3) is 1.63. The van der Waals surface area contributed by atoms with Crippen LogP contribution in [0.5, 0.6) is 0 Å². The molecule has 1 aromatic carbocycles. The van der Waals surface area contributed by atoms with Crippen molar-refractivity contribution < 1.29 is 0 Å². The normalized spacial score (nSPS) is 10.1. The van der Waals surface area contributed by atoms with Crippen molar-refractivity contribution in [2.24, 2.45) is 0 Å². The van der Waals surface area contributed by atoms with Crippen LogP contribution in [0.15, 0.2) is 17.0 Å². The van der Waals surface area contributed by atoms with Crippen molar-refractivity contribution in [1.29, 1.82) is 0 Å². The third-order valence-electron chi connectivity index (χ3n) is 1.61. The van der Waals surface area contributed by atoms with E-state index in [4.69, 9.17) is 17.3 Å². The summed E-state index contributed by atoms with van der Waals surface area (Å²) in [5, 5.41) is 0.677. The van der Waals surface area contributed by atoms with E-state index in [1.54, 1.807) is 0 Å². The summed E-state index contributed by atoms with van der Waals surface area (Å²) < 4.78 is 0. The lowest BCUT2D eigenvalue weighted by Crippen LogP contribution is -1.90. The molecule has 0 aromatic heterocycles. The minimum atomic E-state index is 0.635. The minimum Gasteiger partial charge on any atom is -0.398 e. The molecule has 0 atom stereocenters. The van der Waals surface area contributed by atoms with Crippen molar-refractivity contribution in [2.75, 3.05) is 5.73 Å². The Bertz CT molecular complexity index is 273. The molecule has 0 bridgehead atoms. The van der Waals surface area contributed by atoms with Crippen LogP contribution in [0.4, 0.5) is 5.69 Å². The van der Waals surface area contributed by atoms with E-state index in [1.165, 1.54) is 0 Å². The summed E-state index contributed by atoms with van der Waals surface area (Å²) in [6.07, 6.45) is 0.909. The lowest BCUT2D eigenvalue weighted by atomic mass is 10.1. The fourth-order valence-corrected chi connectivity index (χ4v) is 1.42. The van der Waals surface area contributed by atoms with Gasteiger partial charge in [0.05, 0.1) is 5.02 Å². The summed E-state index contributed by atoms with van der Waals surface area (Å²) in [7, 11) is 0. The Morgan fingerprint density at radius 1 is 1.55 bits per heavy atom. The Morgan fingerprint density at radius 3 is 2.73 bits per heavy atom. The highest BCUT2D eigenvalue weighted by Gasteiger charge is 2.04. The number of thiol groups is 1. The predicted octanol–water partition coefficient (Wildman–Crippen LogP) is 2.77. The topological polar surface area (TPSA) is 26.0 Å². The van der Waals surface area contributed by atoms with E-state index in [2.05, 4.69) is 12.6 Å². The Morgan fingerprint density at radius 2 is 2.18 bits per heavy atom. The molecule has 1 aromatic rings. The molecule has 0 spiro atoms. The Labute approximate surface area is 77.0 Å². The maximum absolute atomic E-state index is 5.94. The minimum absolute atomic E-state index is 0.635. The van der Waals surface area contributed by atoms with Crippen LogP contribution in [0.3, 0.4) is 0 Å². The number of anilines is 1.